The Labute approximate surface area is 171 Å². The number of benzene rings is 2. The van der Waals surface area contributed by atoms with Gasteiger partial charge in [-0.2, -0.15) is 0 Å². The van der Waals surface area contributed by atoms with Crippen molar-refractivity contribution in [3.05, 3.63) is 58.5 Å². The average molecular weight is 416 g/mol. The molecule has 8 heteroatoms. The van der Waals surface area contributed by atoms with E-state index < -0.39 is 15.9 Å². The van der Waals surface area contributed by atoms with Gasteiger partial charge in [0.05, 0.1) is 19.9 Å². The van der Waals surface area contributed by atoms with Crippen LogP contribution in [0, 0.1) is 0 Å². The van der Waals surface area contributed by atoms with Gasteiger partial charge < -0.3 is 14.8 Å². The highest BCUT2D eigenvalue weighted by atomic mass is 32.2. The monoisotopic (exact) mass is 416 g/mol. The molecule has 0 aromatic heterocycles. The fraction of sp³-hybridized carbons (Fsp3) is 0.286. The summed E-state index contributed by atoms with van der Waals surface area (Å²) in [4.78, 5) is 12.6. The van der Waals surface area contributed by atoms with E-state index in [1.54, 1.807) is 19.1 Å². The number of carbonyl (C=O) groups excluding carboxylic acids is 1. The van der Waals surface area contributed by atoms with E-state index in [-0.39, 0.29) is 4.91 Å². The number of hydrogen-bond donors (Lipinski definition) is 1. The van der Waals surface area contributed by atoms with E-state index in [1.165, 1.54) is 21.3 Å². The highest BCUT2D eigenvalue weighted by Crippen LogP contribution is 2.44. The van der Waals surface area contributed by atoms with Gasteiger partial charge in [0.2, 0.25) is 0 Å². The molecule has 0 aliphatic carbocycles. The summed E-state index contributed by atoms with van der Waals surface area (Å²) in [5.41, 5.74) is 2.47. The minimum absolute atomic E-state index is 0.257. The molecule has 1 aliphatic rings. The van der Waals surface area contributed by atoms with Crippen LogP contribution in [0.5, 0.6) is 11.5 Å². The van der Waals surface area contributed by atoms with Crippen LogP contribution in [0.4, 0.5) is 5.69 Å². The van der Waals surface area contributed by atoms with Crippen molar-refractivity contribution < 1.29 is 22.7 Å². The van der Waals surface area contributed by atoms with Gasteiger partial charge in [-0.1, -0.05) is 30.3 Å². The summed E-state index contributed by atoms with van der Waals surface area (Å²) in [6.07, 6.45) is 0.608. The third-order valence-electron chi connectivity index (χ3n) is 4.95. The molecule has 1 aliphatic heterocycles. The Morgan fingerprint density at radius 1 is 1.07 bits per heavy atom. The second-order valence-electron chi connectivity index (χ2n) is 6.64. The predicted molar refractivity (Wildman–Crippen MR) is 113 cm³/mol. The maximum Gasteiger partial charge on any atom is 0.269 e. The first-order valence-corrected chi connectivity index (χ1v) is 10.5. The Morgan fingerprint density at radius 3 is 2.31 bits per heavy atom. The van der Waals surface area contributed by atoms with Crippen molar-refractivity contribution in [1.29, 1.82) is 0 Å². The van der Waals surface area contributed by atoms with Crippen molar-refractivity contribution in [2.24, 2.45) is 0 Å². The lowest BCUT2D eigenvalue weighted by Crippen LogP contribution is -2.39. The van der Waals surface area contributed by atoms with E-state index in [2.05, 4.69) is 5.32 Å². The lowest BCUT2D eigenvalue weighted by Gasteiger charge is -2.30. The minimum atomic E-state index is -4.00. The molecule has 29 heavy (non-hydrogen) atoms. The second kappa shape index (κ2) is 8.16. The summed E-state index contributed by atoms with van der Waals surface area (Å²) in [7, 11) is 0.407. The molecule has 0 saturated heterocycles. The van der Waals surface area contributed by atoms with E-state index in [0.29, 0.717) is 41.3 Å². The number of nitrogens with one attached hydrogen (secondary N) is 1. The Kier molecular flexibility index (Phi) is 5.83. The first-order valence-electron chi connectivity index (χ1n) is 9.09. The fourth-order valence-electron chi connectivity index (χ4n) is 3.34. The Morgan fingerprint density at radius 2 is 1.69 bits per heavy atom. The van der Waals surface area contributed by atoms with Crippen LogP contribution in [0.15, 0.2) is 47.4 Å². The number of ether oxygens (including phenoxy) is 2. The van der Waals surface area contributed by atoms with Crippen LogP contribution in [0.3, 0.4) is 0 Å². The average Bonchev–Trinajstić information content (AvgIpc) is 2.72. The van der Waals surface area contributed by atoms with Gasteiger partial charge in [-0.15, -0.1) is 0 Å². The first-order chi connectivity index (χ1) is 13.8. The number of anilines is 1. The van der Waals surface area contributed by atoms with E-state index in [4.69, 9.17) is 9.47 Å². The topological polar surface area (TPSA) is 84.9 Å². The first kappa shape index (κ1) is 20.7. The lowest BCUT2D eigenvalue weighted by molar-refractivity contribution is -0.116. The molecular formula is C21H24N2O5S. The second-order valence-corrected chi connectivity index (χ2v) is 8.55. The third kappa shape index (κ3) is 3.80. The van der Waals surface area contributed by atoms with Crippen LogP contribution in [0.2, 0.25) is 0 Å². The van der Waals surface area contributed by atoms with Crippen molar-refractivity contribution in [1.82, 2.24) is 5.32 Å². The largest absolute Gasteiger partial charge is 0.493 e. The summed E-state index contributed by atoms with van der Waals surface area (Å²) in [6.45, 7) is 1.96. The maximum atomic E-state index is 13.0. The lowest BCUT2D eigenvalue weighted by atomic mass is 10.0. The maximum absolute atomic E-state index is 13.0. The highest BCUT2D eigenvalue weighted by Gasteiger charge is 2.38. The predicted octanol–water partition coefficient (Wildman–Crippen LogP) is 2.57. The number of sulfonamides is 1. The Balaban J connectivity index is 1.95. The number of rotatable bonds is 6. The minimum Gasteiger partial charge on any atom is -0.493 e. The zero-order chi connectivity index (χ0) is 21.2. The van der Waals surface area contributed by atoms with Gasteiger partial charge in [0.1, 0.15) is 0 Å². The van der Waals surface area contributed by atoms with Crippen LogP contribution < -0.4 is 19.1 Å². The van der Waals surface area contributed by atoms with E-state index in [1.807, 2.05) is 30.3 Å². The molecule has 1 N–H and O–H groups in total. The summed E-state index contributed by atoms with van der Waals surface area (Å²) in [6, 6.07) is 13.0. The molecule has 0 radical (unpaired) electrons. The standard InChI is InChI=1S/C21H24N2O5S/c1-14-16-12-18(27-3)19(28-4)13-17(16)23(2)29(25,26)20(14)21(24)22-11-10-15-8-6-5-7-9-15/h5-9,12-13H,10-11H2,1-4H3,(H,22,24). The van der Waals surface area contributed by atoms with Crippen molar-refractivity contribution in [3.63, 3.8) is 0 Å². The summed E-state index contributed by atoms with van der Waals surface area (Å²) in [5.74, 6) is 0.254. The van der Waals surface area contributed by atoms with Gasteiger partial charge in [0.15, 0.2) is 16.4 Å². The fourth-order valence-corrected chi connectivity index (χ4v) is 4.83. The molecule has 0 fully saturated rings. The molecule has 0 saturated carbocycles. The molecule has 2 aromatic carbocycles. The molecular weight excluding hydrogens is 392 g/mol. The van der Waals surface area contributed by atoms with Crippen molar-refractivity contribution in [2.45, 2.75) is 13.3 Å². The third-order valence-corrected chi connectivity index (χ3v) is 6.88. The number of carbonyl (C=O) groups is 1. The van der Waals surface area contributed by atoms with Crippen molar-refractivity contribution in [2.75, 3.05) is 32.1 Å². The van der Waals surface area contributed by atoms with Gasteiger partial charge in [-0.3, -0.25) is 9.10 Å². The number of nitrogens with zero attached hydrogens (tertiary/aromatic N) is 1. The summed E-state index contributed by atoms with van der Waals surface area (Å²) in [5, 5.41) is 2.73. The van der Waals surface area contributed by atoms with Crippen molar-refractivity contribution in [3.8, 4) is 11.5 Å². The van der Waals surface area contributed by atoms with E-state index >= 15 is 0 Å². The van der Waals surface area contributed by atoms with Gasteiger partial charge in [0, 0.05) is 25.2 Å². The Hall–Kier alpha value is -3.00. The molecule has 154 valence electrons. The van der Waals surface area contributed by atoms with Crippen LogP contribution in [-0.4, -0.2) is 42.1 Å². The normalized spacial score (nSPS) is 15.0. The zero-order valence-corrected chi connectivity index (χ0v) is 17.7. The van der Waals surface area contributed by atoms with Gasteiger partial charge in [-0.25, -0.2) is 8.42 Å². The zero-order valence-electron chi connectivity index (χ0n) is 16.9. The van der Waals surface area contributed by atoms with E-state index in [0.717, 1.165) is 9.87 Å². The quantitative estimate of drug-likeness (QED) is 0.782. The van der Waals surface area contributed by atoms with Gasteiger partial charge in [-0.05, 0) is 30.5 Å². The number of hydrogen-bond acceptors (Lipinski definition) is 5. The molecule has 1 amide bonds. The van der Waals surface area contributed by atoms with Crippen LogP contribution in [-0.2, 0) is 21.2 Å². The molecule has 7 nitrogen and oxygen atoms in total. The molecule has 0 bridgehead atoms. The van der Waals surface area contributed by atoms with Crippen molar-refractivity contribution >= 4 is 27.2 Å². The molecule has 2 aromatic rings. The van der Waals surface area contributed by atoms with Gasteiger partial charge in [0.25, 0.3) is 15.9 Å². The van der Waals surface area contributed by atoms with Crippen LogP contribution in [0.25, 0.3) is 5.57 Å². The number of amides is 1. The number of methoxy groups -OCH3 is 2. The smallest absolute Gasteiger partial charge is 0.269 e. The van der Waals surface area contributed by atoms with Gasteiger partial charge >= 0.3 is 0 Å². The number of fused-ring (bicyclic) bond motifs is 1. The molecule has 0 atom stereocenters. The molecule has 1 heterocycles. The highest BCUT2D eigenvalue weighted by molar-refractivity contribution is 7.97. The molecule has 3 rings (SSSR count). The Bertz CT molecular complexity index is 1060. The summed E-state index contributed by atoms with van der Waals surface area (Å²) >= 11 is 0. The molecule has 0 spiro atoms. The van der Waals surface area contributed by atoms with Crippen LogP contribution in [0.1, 0.15) is 18.1 Å². The van der Waals surface area contributed by atoms with E-state index in [9.17, 15) is 13.2 Å². The molecule has 0 unspecified atom stereocenters. The summed E-state index contributed by atoms with van der Waals surface area (Å²) < 4.78 is 37.8. The number of allylic oxidation sites excluding steroid dienone is 1. The van der Waals surface area contributed by atoms with Crippen LogP contribution >= 0.6 is 0 Å². The SMILES string of the molecule is COc1cc2c(cc1OC)N(C)S(=O)(=O)C(C(=O)NCCc1ccccc1)=C2C.